The zero-order valence-corrected chi connectivity index (χ0v) is 11.9. The molecule has 0 saturated carbocycles. The molecule has 0 aliphatic carbocycles. The van der Waals surface area contributed by atoms with E-state index in [-0.39, 0.29) is 6.04 Å². The molecule has 0 fully saturated rings. The van der Waals surface area contributed by atoms with E-state index in [1.165, 1.54) is 15.6 Å². The normalized spacial score (nSPS) is 12.8. The second kappa shape index (κ2) is 4.76. The van der Waals surface area contributed by atoms with Crippen LogP contribution in [0.4, 0.5) is 0 Å². The van der Waals surface area contributed by atoms with Gasteiger partial charge in [-0.25, -0.2) is 0 Å². The minimum Gasteiger partial charge on any atom is -0.320 e. The molecule has 96 valence electrons. The summed E-state index contributed by atoms with van der Waals surface area (Å²) in [6, 6.07) is 12.4. The molecule has 2 aromatic heterocycles. The maximum atomic E-state index is 6.46. The Hall–Kier alpha value is -1.71. The summed E-state index contributed by atoms with van der Waals surface area (Å²) in [5.41, 5.74) is 10.8. The molecule has 3 heteroatoms. The number of nitrogens with two attached hydrogens (primary N) is 1. The molecular weight excluding hydrogens is 252 g/mol. The number of thiophene rings is 1. The van der Waals surface area contributed by atoms with Crippen LogP contribution in [0.3, 0.4) is 0 Å². The van der Waals surface area contributed by atoms with Crippen molar-refractivity contribution in [2.24, 2.45) is 5.73 Å². The highest BCUT2D eigenvalue weighted by molar-refractivity contribution is 7.17. The zero-order chi connectivity index (χ0) is 13.4. The number of hydrogen-bond acceptors (Lipinski definition) is 3. The Labute approximate surface area is 116 Å². The quantitative estimate of drug-likeness (QED) is 0.764. The SMILES string of the molecule is Cc1ccc(C(N)c2cccc3ccsc23)c(C)n1. The number of fused-ring (bicyclic) bond motifs is 1. The van der Waals surface area contributed by atoms with Crippen molar-refractivity contribution < 1.29 is 0 Å². The van der Waals surface area contributed by atoms with E-state index in [1.54, 1.807) is 11.3 Å². The molecule has 2 N–H and O–H groups in total. The fourth-order valence-electron chi connectivity index (χ4n) is 2.45. The van der Waals surface area contributed by atoms with Crippen molar-refractivity contribution in [3.8, 4) is 0 Å². The molecule has 1 atom stereocenters. The van der Waals surface area contributed by atoms with Crippen molar-refractivity contribution in [1.82, 2.24) is 4.98 Å². The van der Waals surface area contributed by atoms with E-state index in [2.05, 4.69) is 40.7 Å². The summed E-state index contributed by atoms with van der Waals surface area (Å²) >= 11 is 1.75. The highest BCUT2D eigenvalue weighted by atomic mass is 32.1. The van der Waals surface area contributed by atoms with Crippen molar-refractivity contribution in [3.05, 3.63) is 64.3 Å². The summed E-state index contributed by atoms with van der Waals surface area (Å²) < 4.78 is 1.27. The van der Waals surface area contributed by atoms with Gasteiger partial charge in [0.15, 0.2) is 0 Å². The van der Waals surface area contributed by atoms with Gasteiger partial charge in [-0.15, -0.1) is 11.3 Å². The van der Waals surface area contributed by atoms with Crippen LogP contribution in [0.2, 0.25) is 0 Å². The third-order valence-electron chi connectivity index (χ3n) is 3.45. The van der Waals surface area contributed by atoms with Gasteiger partial charge in [-0.1, -0.05) is 24.3 Å². The lowest BCUT2D eigenvalue weighted by Crippen LogP contribution is -2.14. The Morgan fingerprint density at radius 2 is 1.89 bits per heavy atom. The summed E-state index contributed by atoms with van der Waals surface area (Å²) in [6.07, 6.45) is 0. The fourth-order valence-corrected chi connectivity index (χ4v) is 3.41. The minimum absolute atomic E-state index is 0.115. The Balaban J connectivity index is 2.13. The van der Waals surface area contributed by atoms with E-state index in [4.69, 9.17) is 5.73 Å². The molecule has 2 nitrogen and oxygen atoms in total. The zero-order valence-electron chi connectivity index (χ0n) is 11.1. The first-order valence-corrected chi connectivity index (χ1v) is 7.20. The van der Waals surface area contributed by atoms with Crippen molar-refractivity contribution in [2.75, 3.05) is 0 Å². The lowest BCUT2D eigenvalue weighted by atomic mass is 9.97. The average Bonchev–Trinajstić information content (AvgIpc) is 2.86. The van der Waals surface area contributed by atoms with E-state index >= 15 is 0 Å². The predicted molar refractivity (Wildman–Crippen MR) is 81.6 cm³/mol. The smallest absolute Gasteiger partial charge is 0.0583 e. The first-order chi connectivity index (χ1) is 9.16. The summed E-state index contributed by atoms with van der Waals surface area (Å²) in [7, 11) is 0. The third-order valence-corrected chi connectivity index (χ3v) is 4.42. The molecule has 0 radical (unpaired) electrons. The number of nitrogens with zero attached hydrogens (tertiary/aromatic N) is 1. The second-order valence-corrected chi connectivity index (χ2v) is 5.71. The number of aryl methyl sites for hydroxylation is 2. The Morgan fingerprint density at radius 1 is 1.05 bits per heavy atom. The average molecular weight is 268 g/mol. The number of benzene rings is 1. The second-order valence-electron chi connectivity index (χ2n) is 4.79. The van der Waals surface area contributed by atoms with Gasteiger partial charge in [0.05, 0.1) is 6.04 Å². The van der Waals surface area contributed by atoms with Gasteiger partial charge in [0.1, 0.15) is 0 Å². The largest absolute Gasteiger partial charge is 0.320 e. The summed E-state index contributed by atoms with van der Waals surface area (Å²) in [4.78, 5) is 4.51. The van der Waals surface area contributed by atoms with E-state index in [1.807, 2.05) is 19.9 Å². The molecule has 1 unspecified atom stereocenters. The van der Waals surface area contributed by atoms with E-state index < -0.39 is 0 Å². The van der Waals surface area contributed by atoms with Crippen molar-refractivity contribution >= 4 is 21.4 Å². The van der Waals surface area contributed by atoms with Gasteiger partial charge in [0, 0.05) is 16.1 Å². The molecule has 0 spiro atoms. The highest BCUT2D eigenvalue weighted by Gasteiger charge is 2.15. The number of rotatable bonds is 2. The molecule has 0 aliphatic heterocycles. The van der Waals surface area contributed by atoms with E-state index in [0.717, 1.165) is 17.0 Å². The number of hydrogen-bond donors (Lipinski definition) is 1. The number of pyridine rings is 1. The van der Waals surface area contributed by atoms with E-state index in [0.29, 0.717) is 0 Å². The standard InChI is InChI=1S/C16H16N2S/c1-10-6-7-13(11(2)18-10)15(17)14-5-3-4-12-8-9-19-16(12)14/h3-9,15H,17H2,1-2H3. The van der Waals surface area contributed by atoms with Gasteiger partial charge < -0.3 is 5.73 Å². The molecule has 0 aliphatic rings. The van der Waals surface area contributed by atoms with Gasteiger partial charge >= 0.3 is 0 Å². The fraction of sp³-hybridized carbons (Fsp3) is 0.188. The van der Waals surface area contributed by atoms with Crippen LogP contribution in [0.5, 0.6) is 0 Å². The van der Waals surface area contributed by atoms with Crippen LogP contribution >= 0.6 is 11.3 Å². The Bertz CT molecular complexity index is 730. The first-order valence-electron chi connectivity index (χ1n) is 6.32. The summed E-state index contributed by atoms with van der Waals surface area (Å²) in [5.74, 6) is 0. The van der Waals surface area contributed by atoms with Crippen LogP contribution in [-0.4, -0.2) is 4.98 Å². The van der Waals surface area contributed by atoms with Crippen molar-refractivity contribution in [2.45, 2.75) is 19.9 Å². The molecule has 0 bridgehead atoms. The maximum absolute atomic E-state index is 6.46. The van der Waals surface area contributed by atoms with Gasteiger partial charge in [-0.05, 0) is 47.9 Å². The molecule has 3 rings (SSSR count). The maximum Gasteiger partial charge on any atom is 0.0583 e. The topological polar surface area (TPSA) is 38.9 Å². The van der Waals surface area contributed by atoms with Crippen molar-refractivity contribution in [1.29, 1.82) is 0 Å². The summed E-state index contributed by atoms with van der Waals surface area (Å²) in [6.45, 7) is 4.03. The van der Waals surface area contributed by atoms with Crippen LogP contribution < -0.4 is 5.73 Å². The first kappa shape index (κ1) is 12.3. The van der Waals surface area contributed by atoms with Crippen LogP contribution in [0, 0.1) is 13.8 Å². The van der Waals surface area contributed by atoms with Gasteiger partial charge in [0.25, 0.3) is 0 Å². The molecule has 0 saturated heterocycles. The third kappa shape index (κ3) is 2.15. The lowest BCUT2D eigenvalue weighted by Gasteiger charge is -2.16. The Morgan fingerprint density at radius 3 is 2.68 bits per heavy atom. The van der Waals surface area contributed by atoms with Crippen LogP contribution in [-0.2, 0) is 0 Å². The lowest BCUT2D eigenvalue weighted by molar-refractivity contribution is 0.853. The molecule has 2 heterocycles. The van der Waals surface area contributed by atoms with Crippen LogP contribution in [0.1, 0.15) is 28.6 Å². The monoisotopic (exact) mass is 268 g/mol. The van der Waals surface area contributed by atoms with Gasteiger partial charge in [-0.3, -0.25) is 4.98 Å². The Kier molecular flexibility index (Phi) is 3.09. The van der Waals surface area contributed by atoms with Crippen LogP contribution in [0.25, 0.3) is 10.1 Å². The van der Waals surface area contributed by atoms with Crippen molar-refractivity contribution in [3.63, 3.8) is 0 Å². The highest BCUT2D eigenvalue weighted by Crippen LogP contribution is 2.31. The van der Waals surface area contributed by atoms with Crippen LogP contribution in [0.15, 0.2) is 41.8 Å². The summed E-state index contributed by atoms with van der Waals surface area (Å²) in [5, 5.41) is 3.37. The molecule has 3 aromatic rings. The number of aromatic nitrogens is 1. The molecular formula is C16H16N2S. The molecule has 19 heavy (non-hydrogen) atoms. The van der Waals surface area contributed by atoms with Gasteiger partial charge in [0.2, 0.25) is 0 Å². The van der Waals surface area contributed by atoms with Gasteiger partial charge in [-0.2, -0.15) is 0 Å². The van der Waals surface area contributed by atoms with E-state index in [9.17, 15) is 0 Å². The molecule has 0 amide bonds. The molecule has 1 aromatic carbocycles. The predicted octanol–water partition coefficient (Wildman–Crippen LogP) is 3.96. The minimum atomic E-state index is -0.115.